The number of anilines is 1. The fraction of sp³-hybridized carbons (Fsp3) is 0.241. The first-order valence-electron chi connectivity index (χ1n) is 13.1. The van der Waals surface area contributed by atoms with Crippen molar-refractivity contribution in [2.24, 2.45) is 0 Å². The summed E-state index contributed by atoms with van der Waals surface area (Å²) in [6.07, 6.45) is 3.94. The van der Waals surface area contributed by atoms with Gasteiger partial charge in [-0.1, -0.05) is 0 Å². The van der Waals surface area contributed by atoms with Gasteiger partial charge >= 0.3 is 0 Å². The Hall–Kier alpha value is -4.22. The van der Waals surface area contributed by atoms with E-state index in [1.54, 1.807) is 0 Å². The standard InChI is InChI=1S/C29H25F2N7OS/c1-36-9-11-37(12-10-36)26-7-2-19(16-32-26)22-4-6-24-27(35-22)28-18(8-13-39-24)14-25(40-28)29-33-17-34-38(29)23-5-3-20(30)15-21(23)31/h2-7,14-17H,8-13H2,1H3. The van der Waals surface area contributed by atoms with E-state index in [-0.39, 0.29) is 5.69 Å². The molecule has 7 rings (SSSR count). The van der Waals surface area contributed by atoms with E-state index in [1.165, 1.54) is 34.5 Å². The summed E-state index contributed by atoms with van der Waals surface area (Å²) in [4.78, 5) is 20.6. The van der Waals surface area contributed by atoms with Gasteiger partial charge in [0, 0.05) is 50.4 Å². The zero-order valence-corrected chi connectivity index (χ0v) is 22.5. The highest BCUT2D eigenvalue weighted by molar-refractivity contribution is 7.19. The second-order valence-corrected chi connectivity index (χ2v) is 10.9. The summed E-state index contributed by atoms with van der Waals surface area (Å²) >= 11 is 1.50. The average Bonchev–Trinajstić information content (AvgIpc) is 3.58. The first kappa shape index (κ1) is 24.8. The lowest BCUT2D eigenvalue weighted by molar-refractivity contribution is 0.312. The highest BCUT2D eigenvalue weighted by Crippen LogP contribution is 2.43. The number of fused-ring (bicyclic) bond motifs is 3. The van der Waals surface area contributed by atoms with Crippen LogP contribution in [0.5, 0.6) is 5.75 Å². The molecule has 5 aromatic rings. The predicted molar refractivity (Wildman–Crippen MR) is 150 cm³/mol. The first-order valence-corrected chi connectivity index (χ1v) is 13.9. The molecule has 0 amide bonds. The fourth-order valence-electron chi connectivity index (χ4n) is 5.08. The molecule has 6 heterocycles. The summed E-state index contributed by atoms with van der Waals surface area (Å²) in [5.41, 5.74) is 3.69. The number of halogens is 2. The monoisotopic (exact) mass is 557 g/mol. The zero-order chi connectivity index (χ0) is 27.2. The van der Waals surface area contributed by atoms with Crippen LogP contribution >= 0.6 is 11.3 Å². The Morgan fingerprint density at radius 1 is 0.950 bits per heavy atom. The number of hydrogen-bond acceptors (Lipinski definition) is 8. The van der Waals surface area contributed by atoms with Gasteiger partial charge in [-0.2, -0.15) is 5.10 Å². The van der Waals surface area contributed by atoms with Crippen molar-refractivity contribution < 1.29 is 13.5 Å². The number of piperazine rings is 1. The van der Waals surface area contributed by atoms with Crippen LogP contribution in [0, 0.1) is 11.6 Å². The molecular weight excluding hydrogens is 532 g/mol. The highest BCUT2D eigenvalue weighted by Gasteiger charge is 2.24. The van der Waals surface area contributed by atoms with Crippen LogP contribution < -0.4 is 9.64 Å². The fourth-order valence-corrected chi connectivity index (χ4v) is 6.27. The zero-order valence-electron chi connectivity index (χ0n) is 21.7. The SMILES string of the molecule is CN1CCN(c2ccc(-c3ccc4c(n3)-c3sc(-c5ncnn5-c5ccc(F)cc5F)cc3CCO4)cn2)CC1. The van der Waals surface area contributed by atoms with Crippen LogP contribution in [0.1, 0.15) is 5.56 Å². The number of pyridine rings is 2. The first-order chi connectivity index (χ1) is 19.5. The van der Waals surface area contributed by atoms with E-state index in [2.05, 4.69) is 39.1 Å². The van der Waals surface area contributed by atoms with E-state index in [0.717, 1.165) is 70.3 Å². The molecular formula is C29H25F2N7OS. The summed E-state index contributed by atoms with van der Waals surface area (Å²) in [5.74, 6) is 0.812. The smallest absolute Gasteiger partial charge is 0.173 e. The number of rotatable bonds is 4. The lowest BCUT2D eigenvalue weighted by atomic mass is 10.1. The molecule has 1 fully saturated rings. The molecule has 0 radical (unpaired) electrons. The number of ether oxygens (including phenoxy) is 1. The van der Waals surface area contributed by atoms with Crippen molar-refractivity contribution in [3.8, 4) is 44.0 Å². The molecule has 0 N–H and O–H groups in total. The number of likely N-dealkylation sites (N-methyl/N-ethyl adjacent to an activating group) is 1. The van der Waals surface area contributed by atoms with Crippen LogP contribution in [0.4, 0.5) is 14.6 Å². The third kappa shape index (κ3) is 4.50. The van der Waals surface area contributed by atoms with Gasteiger partial charge in [-0.3, -0.25) is 0 Å². The van der Waals surface area contributed by atoms with Crippen LogP contribution in [0.15, 0.2) is 61.1 Å². The third-order valence-electron chi connectivity index (χ3n) is 7.29. The lowest BCUT2D eigenvalue weighted by Gasteiger charge is -2.33. The second kappa shape index (κ2) is 10.1. The Morgan fingerprint density at radius 2 is 1.82 bits per heavy atom. The largest absolute Gasteiger partial charge is 0.491 e. The maximum Gasteiger partial charge on any atom is 0.173 e. The van der Waals surface area contributed by atoms with E-state index in [9.17, 15) is 8.78 Å². The molecule has 0 aliphatic carbocycles. The number of benzene rings is 1. The van der Waals surface area contributed by atoms with Crippen LogP contribution in [0.3, 0.4) is 0 Å². The van der Waals surface area contributed by atoms with Gasteiger partial charge in [0.25, 0.3) is 0 Å². The molecule has 4 aromatic heterocycles. The van der Waals surface area contributed by atoms with Crippen molar-refractivity contribution in [2.75, 3.05) is 44.7 Å². The number of thiophene rings is 1. The van der Waals surface area contributed by atoms with Gasteiger partial charge in [0.15, 0.2) is 11.6 Å². The molecule has 40 heavy (non-hydrogen) atoms. The summed E-state index contributed by atoms with van der Waals surface area (Å²) in [6.45, 7) is 4.48. The van der Waals surface area contributed by atoms with Gasteiger partial charge in [-0.25, -0.2) is 28.4 Å². The Labute approximate surface area is 233 Å². The topological polar surface area (TPSA) is 72.2 Å². The van der Waals surface area contributed by atoms with E-state index < -0.39 is 11.6 Å². The molecule has 0 unspecified atom stereocenters. The maximum atomic E-state index is 14.6. The minimum atomic E-state index is -0.706. The molecule has 11 heteroatoms. The van der Waals surface area contributed by atoms with Crippen LogP contribution in [-0.4, -0.2) is 69.5 Å². The van der Waals surface area contributed by atoms with E-state index in [0.29, 0.717) is 24.6 Å². The molecule has 202 valence electrons. The van der Waals surface area contributed by atoms with Gasteiger partial charge in [0.2, 0.25) is 0 Å². The summed E-state index contributed by atoms with van der Waals surface area (Å²) in [7, 11) is 2.14. The second-order valence-electron chi connectivity index (χ2n) is 9.89. The van der Waals surface area contributed by atoms with Crippen molar-refractivity contribution in [3.63, 3.8) is 0 Å². The van der Waals surface area contributed by atoms with Crippen LogP contribution in [-0.2, 0) is 6.42 Å². The molecule has 8 nitrogen and oxygen atoms in total. The molecule has 0 saturated carbocycles. The average molecular weight is 558 g/mol. The lowest BCUT2D eigenvalue weighted by Crippen LogP contribution is -2.44. The number of aromatic nitrogens is 5. The normalized spacial score (nSPS) is 15.3. The van der Waals surface area contributed by atoms with Gasteiger partial charge in [0.05, 0.1) is 22.1 Å². The Morgan fingerprint density at radius 3 is 2.62 bits per heavy atom. The predicted octanol–water partition coefficient (Wildman–Crippen LogP) is 5.08. The molecule has 2 aliphatic heterocycles. The summed E-state index contributed by atoms with van der Waals surface area (Å²) < 4.78 is 35.5. The van der Waals surface area contributed by atoms with Crippen molar-refractivity contribution in [1.29, 1.82) is 0 Å². The van der Waals surface area contributed by atoms with Crippen LogP contribution in [0.25, 0.3) is 38.2 Å². The maximum absolute atomic E-state index is 14.6. The van der Waals surface area contributed by atoms with Crippen LogP contribution in [0.2, 0.25) is 0 Å². The summed E-state index contributed by atoms with van der Waals surface area (Å²) in [6, 6.07) is 13.5. The molecule has 0 bridgehead atoms. The molecule has 0 atom stereocenters. The van der Waals surface area contributed by atoms with Gasteiger partial charge in [-0.05, 0) is 55.1 Å². The molecule has 1 saturated heterocycles. The van der Waals surface area contributed by atoms with E-state index in [1.807, 2.05) is 24.4 Å². The van der Waals surface area contributed by atoms with Crippen molar-refractivity contribution in [3.05, 3.63) is 78.3 Å². The van der Waals surface area contributed by atoms with Gasteiger partial charge in [0.1, 0.15) is 35.1 Å². The summed E-state index contributed by atoms with van der Waals surface area (Å²) in [5, 5.41) is 4.22. The third-order valence-corrected chi connectivity index (χ3v) is 8.47. The highest BCUT2D eigenvalue weighted by atomic mass is 32.1. The van der Waals surface area contributed by atoms with E-state index in [4.69, 9.17) is 14.7 Å². The van der Waals surface area contributed by atoms with Gasteiger partial charge < -0.3 is 14.5 Å². The van der Waals surface area contributed by atoms with Crippen molar-refractivity contribution in [2.45, 2.75) is 6.42 Å². The number of hydrogen-bond donors (Lipinski definition) is 0. The molecule has 1 aromatic carbocycles. The Kier molecular flexibility index (Phi) is 6.24. The van der Waals surface area contributed by atoms with Crippen molar-refractivity contribution in [1.82, 2.24) is 29.6 Å². The molecule has 0 spiro atoms. The quantitative estimate of drug-likeness (QED) is 0.305. The Balaban J connectivity index is 1.23. The van der Waals surface area contributed by atoms with Crippen molar-refractivity contribution >= 4 is 17.2 Å². The number of nitrogens with zero attached hydrogens (tertiary/aromatic N) is 7. The minimum Gasteiger partial charge on any atom is -0.491 e. The Bertz CT molecular complexity index is 1690. The van der Waals surface area contributed by atoms with E-state index >= 15 is 0 Å². The minimum absolute atomic E-state index is 0.133. The van der Waals surface area contributed by atoms with Gasteiger partial charge in [-0.15, -0.1) is 11.3 Å². The molecule has 2 aliphatic rings.